The molecule has 0 heterocycles. The van der Waals surface area contributed by atoms with Gasteiger partial charge in [0, 0.05) is 5.56 Å². The summed E-state index contributed by atoms with van der Waals surface area (Å²) < 4.78 is 0. The van der Waals surface area contributed by atoms with Crippen LogP contribution in [0.3, 0.4) is 0 Å². The molecule has 0 saturated carbocycles. The zero-order chi connectivity index (χ0) is 9.84. The molecule has 1 aromatic rings. The van der Waals surface area contributed by atoms with E-state index in [-0.39, 0.29) is 12.2 Å². The van der Waals surface area contributed by atoms with Gasteiger partial charge < -0.3 is 5.73 Å². The number of primary amides is 1. The van der Waals surface area contributed by atoms with Crippen molar-refractivity contribution in [1.29, 1.82) is 0 Å². The van der Waals surface area contributed by atoms with E-state index in [0.29, 0.717) is 5.56 Å². The van der Waals surface area contributed by atoms with Crippen LogP contribution in [-0.2, 0) is 4.79 Å². The van der Waals surface area contributed by atoms with Gasteiger partial charge in [-0.25, -0.2) is 0 Å². The van der Waals surface area contributed by atoms with Crippen molar-refractivity contribution in [3.8, 4) is 0 Å². The largest absolute Gasteiger partial charge is 0.369 e. The Hall–Kier alpha value is -1.64. The Morgan fingerprint density at radius 3 is 2.62 bits per heavy atom. The molecule has 0 aliphatic heterocycles. The number of hydrogen-bond acceptors (Lipinski definition) is 2. The van der Waals surface area contributed by atoms with Gasteiger partial charge in [0.1, 0.15) is 0 Å². The average Bonchev–Trinajstić information content (AvgIpc) is 2.03. The smallest absolute Gasteiger partial charge is 0.225 e. The third kappa shape index (κ3) is 2.71. The summed E-state index contributed by atoms with van der Waals surface area (Å²) in [5.74, 6) is -0.817. The third-order valence-corrected chi connectivity index (χ3v) is 1.67. The van der Waals surface area contributed by atoms with Crippen LogP contribution in [0, 0.1) is 6.92 Å². The van der Waals surface area contributed by atoms with Gasteiger partial charge in [0.15, 0.2) is 5.78 Å². The molecule has 0 bridgehead atoms. The maximum Gasteiger partial charge on any atom is 0.225 e. The van der Waals surface area contributed by atoms with Crippen LogP contribution in [0.1, 0.15) is 22.3 Å². The zero-order valence-corrected chi connectivity index (χ0v) is 7.41. The van der Waals surface area contributed by atoms with Gasteiger partial charge in [-0.2, -0.15) is 0 Å². The first-order chi connectivity index (χ1) is 6.09. The van der Waals surface area contributed by atoms with Gasteiger partial charge in [0.2, 0.25) is 5.91 Å². The van der Waals surface area contributed by atoms with Crippen molar-refractivity contribution in [1.82, 2.24) is 0 Å². The first-order valence-electron chi connectivity index (χ1n) is 3.98. The summed E-state index contributed by atoms with van der Waals surface area (Å²) in [6, 6.07) is 7.09. The zero-order valence-electron chi connectivity index (χ0n) is 7.41. The number of carbonyl (C=O) groups excluding carboxylic acids is 2. The van der Waals surface area contributed by atoms with Crippen molar-refractivity contribution in [2.24, 2.45) is 5.73 Å². The molecule has 1 rings (SSSR count). The lowest BCUT2D eigenvalue weighted by molar-refractivity contribution is -0.117. The van der Waals surface area contributed by atoms with Gasteiger partial charge in [0.05, 0.1) is 6.42 Å². The predicted octanol–water partition coefficient (Wildman–Crippen LogP) is 1.05. The Balaban J connectivity index is 2.83. The minimum atomic E-state index is -0.591. The van der Waals surface area contributed by atoms with E-state index in [1.54, 1.807) is 18.2 Å². The van der Waals surface area contributed by atoms with E-state index in [0.717, 1.165) is 5.56 Å². The summed E-state index contributed by atoms with van der Waals surface area (Å²) >= 11 is 0. The van der Waals surface area contributed by atoms with E-state index in [2.05, 4.69) is 0 Å². The maximum absolute atomic E-state index is 11.3. The topological polar surface area (TPSA) is 60.2 Å². The molecule has 1 aromatic carbocycles. The Morgan fingerprint density at radius 2 is 2.08 bits per heavy atom. The van der Waals surface area contributed by atoms with Crippen LogP contribution >= 0.6 is 0 Å². The molecular weight excluding hydrogens is 166 g/mol. The molecule has 3 heteroatoms. The number of ketones is 1. The summed E-state index contributed by atoms with van der Waals surface area (Å²) in [5, 5.41) is 0. The Kier molecular flexibility index (Phi) is 2.80. The van der Waals surface area contributed by atoms with Crippen molar-refractivity contribution in [2.75, 3.05) is 0 Å². The molecule has 3 nitrogen and oxygen atoms in total. The van der Waals surface area contributed by atoms with Gasteiger partial charge in [-0.1, -0.05) is 23.8 Å². The lowest BCUT2D eigenvalue weighted by Crippen LogP contribution is -2.16. The minimum absolute atomic E-state index is 0.219. The van der Waals surface area contributed by atoms with Gasteiger partial charge in [-0.05, 0) is 13.0 Å². The third-order valence-electron chi connectivity index (χ3n) is 1.67. The molecule has 0 saturated heterocycles. The standard InChI is InChI=1S/C10H11NO2/c1-7-3-2-4-8(5-7)9(12)6-10(11)13/h2-5H,6H2,1H3,(H2,11,13). The van der Waals surface area contributed by atoms with Crippen LogP contribution in [0.2, 0.25) is 0 Å². The van der Waals surface area contributed by atoms with Gasteiger partial charge >= 0.3 is 0 Å². The maximum atomic E-state index is 11.3. The molecule has 0 aromatic heterocycles. The number of benzene rings is 1. The number of amides is 1. The molecule has 68 valence electrons. The predicted molar refractivity (Wildman–Crippen MR) is 49.3 cm³/mol. The van der Waals surface area contributed by atoms with Crippen molar-refractivity contribution in [2.45, 2.75) is 13.3 Å². The second kappa shape index (κ2) is 3.85. The Bertz CT molecular complexity index is 345. The normalized spacial score (nSPS) is 9.62. The van der Waals surface area contributed by atoms with Crippen molar-refractivity contribution >= 4 is 11.7 Å². The molecular formula is C10H11NO2. The fraction of sp³-hybridized carbons (Fsp3) is 0.200. The molecule has 13 heavy (non-hydrogen) atoms. The van der Waals surface area contributed by atoms with E-state index in [4.69, 9.17) is 5.73 Å². The highest BCUT2D eigenvalue weighted by Gasteiger charge is 2.08. The molecule has 0 aliphatic rings. The van der Waals surface area contributed by atoms with Gasteiger partial charge in [-0.3, -0.25) is 9.59 Å². The second-order valence-corrected chi connectivity index (χ2v) is 2.94. The van der Waals surface area contributed by atoms with Crippen molar-refractivity contribution < 1.29 is 9.59 Å². The number of nitrogens with two attached hydrogens (primary N) is 1. The molecule has 2 N–H and O–H groups in total. The monoisotopic (exact) mass is 177 g/mol. The summed E-state index contributed by atoms with van der Waals surface area (Å²) in [5.41, 5.74) is 6.45. The first-order valence-corrected chi connectivity index (χ1v) is 3.98. The molecule has 0 spiro atoms. The van der Waals surface area contributed by atoms with Crippen LogP contribution in [0.5, 0.6) is 0 Å². The molecule has 0 unspecified atom stereocenters. The van der Waals surface area contributed by atoms with E-state index in [9.17, 15) is 9.59 Å². The second-order valence-electron chi connectivity index (χ2n) is 2.94. The van der Waals surface area contributed by atoms with Crippen molar-refractivity contribution in [3.63, 3.8) is 0 Å². The molecule has 1 amide bonds. The highest BCUT2D eigenvalue weighted by atomic mass is 16.2. The lowest BCUT2D eigenvalue weighted by atomic mass is 10.1. The minimum Gasteiger partial charge on any atom is -0.369 e. The van der Waals surface area contributed by atoms with E-state index in [1.807, 2.05) is 13.0 Å². The van der Waals surface area contributed by atoms with E-state index < -0.39 is 5.91 Å². The Labute approximate surface area is 76.6 Å². The van der Waals surface area contributed by atoms with Gasteiger partial charge in [0.25, 0.3) is 0 Å². The number of aryl methyl sites for hydroxylation is 1. The van der Waals surface area contributed by atoms with Crippen LogP contribution in [0.25, 0.3) is 0 Å². The molecule has 0 fully saturated rings. The number of hydrogen-bond donors (Lipinski definition) is 1. The fourth-order valence-electron chi connectivity index (χ4n) is 1.08. The average molecular weight is 177 g/mol. The summed E-state index contributed by atoms with van der Waals surface area (Å²) in [6.45, 7) is 1.89. The SMILES string of the molecule is Cc1cccc(C(=O)CC(N)=O)c1. The van der Waals surface area contributed by atoms with E-state index >= 15 is 0 Å². The lowest BCUT2D eigenvalue weighted by Gasteiger charge is -1.98. The van der Waals surface area contributed by atoms with Crippen molar-refractivity contribution in [3.05, 3.63) is 35.4 Å². The number of Topliss-reactive ketones (excluding diaryl/α,β-unsaturated/α-hetero) is 1. The van der Waals surface area contributed by atoms with Crippen LogP contribution in [0.4, 0.5) is 0 Å². The molecule has 0 aliphatic carbocycles. The first kappa shape index (κ1) is 9.45. The number of carbonyl (C=O) groups is 2. The number of rotatable bonds is 3. The Morgan fingerprint density at radius 1 is 1.38 bits per heavy atom. The molecule has 0 radical (unpaired) electrons. The molecule has 0 atom stereocenters. The van der Waals surface area contributed by atoms with E-state index in [1.165, 1.54) is 0 Å². The summed E-state index contributed by atoms with van der Waals surface area (Å²) in [6.07, 6.45) is -0.219. The summed E-state index contributed by atoms with van der Waals surface area (Å²) in [7, 11) is 0. The quantitative estimate of drug-likeness (QED) is 0.554. The summed E-state index contributed by atoms with van der Waals surface area (Å²) in [4.78, 5) is 21.8. The highest BCUT2D eigenvalue weighted by molar-refractivity contribution is 6.06. The van der Waals surface area contributed by atoms with Crippen LogP contribution < -0.4 is 5.73 Å². The van der Waals surface area contributed by atoms with Gasteiger partial charge in [-0.15, -0.1) is 0 Å². The highest BCUT2D eigenvalue weighted by Crippen LogP contribution is 2.06. The fourth-order valence-corrected chi connectivity index (χ4v) is 1.08. The van der Waals surface area contributed by atoms with Crippen LogP contribution in [-0.4, -0.2) is 11.7 Å². The van der Waals surface area contributed by atoms with Crippen LogP contribution in [0.15, 0.2) is 24.3 Å².